The third-order valence-electron chi connectivity index (χ3n) is 3.42. The van der Waals surface area contributed by atoms with Crippen molar-refractivity contribution in [2.24, 2.45) is 5.73 Å². The van der Waals surface area contributed by atoms with Gasteiger partial charge in [0.1, 0.15) is 5.75 Å². The molecule has 0 bridgehead atoms. The molecule has 2 rings (SSSR count). The molecule has 0 saturated heterocycles. The van der Waals surface area contributed by atoms with Gasteiger partial charge in [-0.3, -0.25) is 9.59 Å². The molecule has 0 radical (unpaired) electrons. The zero-order chi connectivity index (χ0) is 17.5. The number of hydrogen-bond donors (Lipinski definition) is 3. The topological polar surface area (TPSA) is 93.5 Å². The van der Waals surface area contributed by atoms with Crippen molar-refractivity contribution in [3.8, 4) is 5.75 Å². The summed E-state index contributed by atoms with van der Waals surface area (Å²) in [4.78, 5) is 24.3. The van der Waals surface area contributed by atoms with Crippen LogP contribution in [-0.4, -0.2) is 25.5 Å². The largest absolute Gasteiger partial charge is 0.496 e. The summed E-state index contributed by atoms with van der Waals surface area (Å²) in [7, 11) is 1.51. The van der Waals surface area contributed by atoms with Gasteiger partial charge in [0, 0.05) is 13.0 Å². The van der Waals surface area contributed by atoms with E-state index in [0.717, 1.165) is 5.56 Å². The highest BCUT2D eigenvalue weighted by Crippen LogP contribution is 2.25. The molecule has 0 atom stereocenters. The molecule has 2 amide bonds. The minimum Gasteiger partial charge on any atom is -0.496 e. The molecule has 6 nitrogen and oxygen atoms in total. The first-order valence-electron chi connectivity index (χ1n) is 7.60. The SMILES string of the molecule is COc1ccccc1C(=O)Nc1ccc(C)cc1NC(=O)CCN. The van der Waals surface area contributed by atoms with E-state index in [1.54, 1.807) is 36.4 Å². The van der Waals surface area contributed by atoms with Crippen LogP contribution >= 0.6 is 0 Å². The van der Waals surface area contributed by atoms with Crippen LogP contribution in [-0.2, 0) is 4.79 Å². The predicted octanol–water partition coefficient (Wildman–Crippen LogP) is 2.54. The number of carbonyl (C=O) groups excluding carboxylic acids is 2. The maximum Gasteiger partial charge on any atom is 0.259 e. The lowest BCUT2D eigenvalue weighted by molar-refractivity contribution is -0.116. The fourth-order valence-electron chi connectivity index (χ4n) is 2.24. The summed E-state index contributed by atoms with van der Waals surface area (Å²) in [5.41, 5.74) is 7.83. The molecule has 0 aromatic heterocycles. The number of nitrogens with one attached hydrogen (secondary N) is 2. The van der Waals surface area contributed by atoms with Gasteiger partial charge in [0.2, 0.25) is 5.91 Å². The number of rotatable bonds is 6. The Hall–Kier alpha value is -2.86. The smallest absolute Gasteiger partial charge is 0.259 e. The lowest BCUT2D eigenvalue weighted by Crippen LogP contribution is -2.19. The van der Waals surface area contributed by atoms with E-state index >= 15 is 0 Å². The Balaban J connectivity index is 2.25. The normalized spacial score (nSPS) is 10.1. The van der Waals surface area contributed by atoms with E-state index in [0.29, 0.717) is 22.7 Å². The molecule has 2 aromatic rings. The summed E-state index contributed by atoms with van der Waals surface area (Å²) in [5.74, 6) is -0.0302. The van der Waals surface area contributed by atoms with E-state index in [9.17, 15) is 9.59 Å². The molecule has 0 aliphatic carbocycles. The Kier molecular flexibility index (Phi) is 5.92. The van der Waals surface area contributed by atoms with Crippen LogP contribution in [0.5, 0.6) is 5.75 Å². The number of nitrogens with two attached hydrogens (primary N) is 1. The van der Waals surface area contributed by atoms with Crippen molar-refractivity contribution < 1.29 is 14.3 Å². The number of carbonyl (C=O) groups is 2. The Morgan fingerprint density at radius 3 is 2.54 bits per heavy atom. The number of amides is 2. The minimum absolute atomic E-state index is 0.198. The Morgan fingerprint density at radius 1 is 1.08 bits per heavy atom. The number of anilines is 2. The van der Waals surface area contributed by atoms with Crippen molar-refractivity contribution in [3.63, 3.8) is 0 Å². The van der Waals surface area contributed by atoms with Gasteiger partial charge >= 0.3 is 0 Å². The summed E-state index contributed by atoms with van der Waals surface area (Å²) in [6, 6.07) is 12.4. The highest BCUT2D eigenvalue weighted by atomic mass is 16.5. The molecule has 2 aromatic carbocycles. The van der Waals surface area contributed by atoms with E-state index in [4.69, 9.17) is 10.5 Å². The second-order valence-electron chi connectivity index (χ2n) is 5.29. The van der Waals surface area contributed by atoms with E-state index in [1.165, 1.54) is 7.11 Å². The van der Waals surface area contributed by atoms with Gasteiger partial charge in [-0.25, -0.2) is 0 Å². The third kappa shape index (κ3) is 4.33. The van der Waals surface area contributed by atoms with Crippen molar-refractivity contribution >= 4 is 23.2 Å². The molecule has 0 heterocycles. The van der Waals surface area contributed by atoms with Gasteiger partial charge in [-0.15, -0.1) is 0 Å². The van der Waals surface area contributed by atoms with Crippen LogP contribution in [0.25, 0.3) is 0 Å². The van der Waals surface area contributed by atoms with Crippen LogP contribution in [0.4, 0.5) is 11.4 Å². The molecule has 0 saturated carbocycles. The van der Waals surface area contributed by atoms with Crippen molar-refractivity contribution in [3.05, 3.63) is 53.6 Å². The van der Waals surface area contributed by atoms with Crippen LogP contribution < -0.4 is 21.1 Å². The van der Waals surface area contributed by atoms with Gasteiger partial charge in [0.15, 0.2) is 0 Å². The monoisotopic (exact) mass is 327 g/mol. The zero-order valence-electron chi connectivity index (χ0n) is 13.8. The van der Waals surface area contributed by atoms with Gasteiger partial charge in [-0.05, 0) is 36.8 Å². The van der Waals surface area contributed by atoms with E-state index in [1.807, 2.05) is 13.0 Å². The van der Waals surface area contributed by atoms with E-state index in [-0.39, 0.29) is 24.8 Å². The fraction of sp³-hybridized carbons (Fsp3) is 0.222. The second kappa shape index (κ2) is 8.12. The molecule has 0 spiro atoms. The van der Waals surface area contributed by atoms with E-state index in [2.05, 4.69) is 10.6 Å². The van der Waals surface area contributed by atoms with Gasteiger partial charge in [-0.1, -0.05) is 18.2 Å². The van der Waals surface area contributed by atoms with Gasteiger partial charge < -0.3 is 21.1 Å². The zero-order valence-corrected chi connectivity index (χ0v) is 13.8. The first-order valence-corrected chi connectivity index (χ1v) is 7.60. The Labute approximate surface area is 141 Å². The maximum atomic E-state index is 12.5. The molecule has 4 N–H and O–H groups in total. The number of methoxy groups -OCH3 is 1. The minimum atomic E-state index is -0.314. The standard InChI is InChI=1S/C18H21N3O3/c1-12-7-8-14(15(11-12)20-17(22)9-10-19)21-18(23)13-5-3-4-6-16(13)24-2/h3-8,11H,9-10,19H2,1-2H3,(H,20,22)(H,21,23). The summed E-state index contributed by atoms with van der Waals surface area (Å²) >= 11 is 0. The highest BCUT2D eigenvalue weighted by molar-refractivity contribution is 6.08. The molecule has 0 fully saturated rings. The van der Waals surface area contributed by atoms with Crippen LogP contribution in [0, 0.1) is 6.92 Å². The molecular formula is C18H21N3O3. The fourth-order valence-corrected chi connectivity index (χ4v) is 2.24. The highest BCUT2D eigenvalue weighted by Gasteiger charge is 2.14. The van der Waals surface area contributed by atoms with Crippen molar-refractivity contribution in [1.29, 1.82) is 0 Å². The summed E-state index contributed by atoms with van der Waals surface area (Å²) in [6.07, 6.45) is 0.216. The molecule has 24 heavy (non-hydrogen) atoms. The maximum absolute atomic E-state index is 12.5. The Bertz CT molecular complexity index is 744. The number of ether oxygens (including phenoxy) is 1. The average molecular weight is 327 g/mol. The average Bonchev–Trinajstić information content (AvgIpc) is 2.57. The molecule has 126 valence electrons. The number of hydrogen-bond acceptors (Lipinski definition) is 4. The van der Waals surface area contributed by atoms with Crippen molar-refractivity contribution in [2.75, 3.05) is 24.3 Å². The predicted molar refractivity (Wildman–Crippen MR) is 94.4 cm³/mol. The Morgan fingerprint density at radius 2 is 1.83 bits per heavy atom. The lowest BCUT2D eigenvalue weighted by atomic mass is 10.1. The van der Waals surface area contributed by atoms with Crippen LogP contribution in [0.1, 0.15) is 22.3 Å². The van der Waals surface area contributed by atoms with E-state index < -0.39 is 0 Å². The van der Waals surface area contributed by atoms with Gasteiger partial charge in [0.05, 0.1) is 24.0 Å². The first kappa shape index (κ1) is 17.5. The van der Waals surface area contributed by atoms with Crippen LogP contribution in [0.15, 0.2) is 42.5 Å². The number of benzene rings is 2. The number of para-hydroxylation sites is 1. The van der Waals surface area contributed by atoms with Gasteiger partial charge in [0.25, 0.3) is 5.91 Å². The second-order valence-corrected chi connectivity index (χ2v) is 5.29. The number of aryl methyl sites for hydroxylation is 1. The lowest BCUT2D eigenvalue weighted by Gasteiger charge is -2.14. The molecule has 6 heteroatoms. The summed E-state index contributed by atoms with van der Waals surface area (Å²) < 4.78 is 5.21. The van der Waals surface area contributed by atoms with Crippen molar-refractivity contribution in [1.82, 2.24) is 0 Å². The van der Waals surface area contributed by atoms with Crippen LogP contribution in [0.3, 0.4) is 0 Å². The quantitative estimate of drug-likeness (QED) is 0.760. The third-order valence-corrected chi connectivity index (χ3v) is 3.42. The summed E-state index contributed by atoms with van der Waals surface area (Å²) in [6.45, 7) is 2.17. The summed E-state index contributed by atoms with van der Waals surface area (Å²) in [5, 5.41) is 5.58. The molecule has 0 unspecified atom stereocenters. The first-order chi connectivity index (χ1) is 11.5. The van der Waals surface area contributed by atoms with Crippen LogP contribution in [0.2, 0.25) is 0 Å². The molecule has 0 aliphatic heterocycles. The molecular weight excluding hydrogens is 306 g/mol. The van der Waals surface area contributed by atoms with Crippen molar-refractivity contribution in [2.45, 2.75) is 13.3 Å². The molecule has 0 aliphatic rings. The van der Waals surface area contributed by atoms with Gasteiger partial charge in [-0.2, -0.15) is 0 Å².